The summed E-state index contributed by atoms with van der Waals surface area (Å²) in [5, 5.41) is 0. The Morgan fingerprint density at radius 2 is 2.09 bits per heavy atom. The van der Waals surface area contributed by atoms with E-state index in [1.165, 1.54) is 16.7 Å². The number of nitrogens with zero attached hydrogens (tertiary/aromatic N) is 1. The highest BCUT2D eigenvalue weighted by molar-refractivity contribution is 6.70. The standard InChI is InChI=1S/C18H26N2OSi/c1-6-14-13-9-12(2)11-18(14,19)15-7-8-17(20-16(15)10-13)21-22(3,4)5/h6-9,13H,10-11,19H2,1-5H3/b14-6+. The third-order valence-electron chi connectivity index (χ3n) is 4.52. The lowest BCUT2D eigenvalue weighted by molar-refractivity contribution is 0.406. The molecule has 3 rings (SSSR count). The van der Waals surface area contributed by atoms with Gasteiger partial charge in [-0.2, -0.15) is 0 Å². The fourth-order valence-electron chi connectivity index (χ4n) is 3.88. The monoisotopic (exact) mass is 314 g/mol. The Kier molecular flexibility index (Phi) is 3.57. The Balaban J connectivity index is 2.07. The minimum atomic E-state index is -1.64. The third-order valence-corrected chi connectivity index (χ3v) is 5.34. The molecule has 2 N–H and O–H groups in total. The van der Waals surface area contributed by atoms with Gasteiger partial charge in [-0.1, -0.05) is 17.7 Å². The van der Waals surface area contributed by atoms with Crippen molar-refractivity contribution in [2.24, 2.45) is 11.7 Å². The molecule has 0 saturated heterocycles. The molecule has 0 fully saturated rings. The number of hydrogen-bond donors (Lipinski definition) is 1. The summed E-state index contributed by atoms with van der Waals surface area (Å²) in [6.07, 6.45) is 6.36. The molecule has 0 spiro atoms. The van der Waals surface area contributed by atoms with Crippen LogP contribution < -0.4 is 10.2 Å². The molecular formula is C18H26N2OSi. The van der Waals surface area contributed by atoms with E-state index in [-0.39, 0.29) is 0 Å². The lowest BCUT2D eigenvalue weighted by Gasteiger charge is -2.45. The van der Waals surface area contributed by atoms with E-state index in [9.17, 15) is 0 Å². The number of nitrogens with two attached hydrogens (primary N) is 1. The van der Waals surface area contributed by atoms with Gasteiger partial charge in [-0.15, -0.1) is 0 Å². The fourth-order valence-corrected chi connectivity index (χ4v) is 4.62. The van der Waals surface area contributed by atoms with Crippen LogP contribution in [0.5, 0.6) is 5.88 Å². The lowest BCUT2D eigenvalue weighted by Crippen LogP contribution is -2.47. The Morgan fingerprint density at radius 1 is 1.36 bits per heavy atom. The summed E-state index contributed by atoms with van der Waals surface area (Å²) in [7, 11) is -1.64. The predicted octanol–water partition coefficient (Wildman–Crippen LogP) is 3.92. The van der Waals surface area contributed by atoms with E-state index < -0.39 is 13.9 Å². The number of aromatic nitrogens is 1. The average Bonchev–Trinajstić information content (AvgIpc) is 2.35. The first-order chi connectivity index (χ1) is 10.2. The van der Waals surface area contributed by atoms with Gasteiger partial charge in [0.25, 0.3) is 0 Å². The highest BCUT2D eigenvalue weighted by Gasteiger charge is 2.44. The van der Waals surface area contributed by atoms with Crippen molar-refractivity contribution in [1.29, 1.82) is 0 Å². The van der Waals surface area contributed by atoms with Crippen LogP contribution in [0.15, 0.2) is 35.4 Å². The molecule has 118 valence electrons. The molecule has 0 aliphatic heterocycles. The fraction of sp³-hybridized carbons (Fsp3) is 0.500. The molecule has 0 saturated carbocycles. The van der Waals surface area contributed by atoms with E-state index in [0.717, 1.165) is 24.4 Å². The molecule has 2 unspecified atom stereocenters. The van der Waals surface area contributed by atoms with Crippen molar-refractivity contribution < 1.29 is 4.43 Å². The van der Waals surface area contributed by atoms with Crippen LogP contribution in [0, 0.1) is 5.92 Å². The van der Waals surface area contributed by atoms with Crippen LogP contribution in [0.1, 0.15) is 31.5 Å². The molecule has 3 nitrogen and oxygen atoms in total. The summed E-state index contributed by atoms with van der Waals surface area (Å²) in [6, 6.07) is 4.13. The predicted molar refractivity (Wildman–Crippen MR) is 93.4 cm³/mol. The van der Waals surface area contributed by atoms with Gasteiger partial charge in [0, 0.05) is 12.3 Å². The van der Waals surface area contributed by atoms with E-state index >= 15 is 0 Å². The van der Waals surface area contributed by atoms with Crippen molar-refractivity contribution in [2.75, 3.05) is 0 Å². The first kappa shape index (κ1) is 15.5. The minimum absolute atomic E-state index is 0.380. The minimum Gasteiger partial charge on any atom is -0.531 e. The molecule has 1 heterocycles. The number of hydrogen-bond acceptors (Lipinski definition) is 3. The molecule has 0 radical (unpaired) electrons. The molecule has 2 aliphatic rings. The maximum Gasteiger partial charge on any atom is 0.244 e. The Labute approximate surface area is 134 Å². The number of rotatable bonds is 2. The molecular weight excluding hydrogens is 288 g/mol. The summed E-state index contributed by atoms with van der Waals surface area (Å²) in [6.45, 7) is 10.8. The quantitative estimate of drug-likeness (QED) is 0.665. The molecule has 0 aromatic carbocycles. The van der Waals surface area contributed by atoms with E-state index in [1.807, 2.05) is 6.07 Å². The zero-order valence-electron chi connectivity index (χ0n) is 14.2. The first-order valence-corrected chi connectivity index (χ1v) is 11.5. The summed E-state index contributed by atoms with van der Waals surface area (Å²) in [5.41, 5.74) is 11.5. The van der Waals surface area contributed by atoms with Crippen LogP contribution in [0.25, 0.3) is 0 Å². The van der Waals surface area contributed by atoms with Crippen molar-refractivity contribution in [2.45, 2.75) is 51.9 Å². The highest BCUT2D eigenvalue weighted by Crippen LogP contribution is 2.48. The lowest BCUT2D eigenvalue weighted by atomic mass is 9.63. The second-order valence-electron chi connectivity index (χ2n) is 7.57. The van der Waals surface area contributed by atoms with Gasteiger partial charge in [-0.05, 0) is 63.2 Å². The second-order valence-corrected chi connectivity index (χ2v) is 12.0. The smallest absolute Gasteiger partial charge is 0.244 e. The van der Waals surface area contributed by atoms with Crippen molar-refractivity contribution >= 4 is 8.32 Å². The zero-order chi connectivity index (χ0) is 16.1. The Bertz CT molecular complexity index is 672. The maximum absolute atomic E-state index is 6.85. The van der Waals surface area contributed by atoms with Gasteiger partial charge >= 0.3 is 0 Å². The van der Waals surface area contributed by atoms with Gasteiger partial charge < -0.3 is 10.2 Å². The van der Waals surface area contributed by atoms with Gasteiger partial charge in [0.15, 0.2) is 5.88 Å². The van der Waals surface area contributed by atoms with Crippen molar-refractivity contribution in [3.8, 4) is 5.88 Å². The van der Waals surface area contributed by atoms with Gasteiger partial charge in [-0.3, -0.25) is 0 Å². The van der Waals surface area contributed by atoms with Gasteiger partial charge in [0.1, 0.15) is 0 Å². The van der Waals surface area contributed by atoms with Crippen molar-refractivity contribution in [1.82, 2.24) is 4.98 Å². The Hall–Kier alpha value is -1.39. The van der Waals surface area contributed by atoms with Crippen LogP contribution in [-0.2, 0) is 12.0 Å². The van der Waals surface area contributed by atoms with Crippen molar-refractivity contribution in [3.63, 3.8) is 0 Å². The second kappa shape index (κ2) is 5.07. The summed E-state index contributed by atoms with van der Waals surface area (Å²) in [5.74, 6) is 1.13. The molecule has 22 heavy (non-hydrogen) atoms. The molecule has 1 aromatic heterocycles. The van der Waals surface area contributed by atoms with Crippen LogP contribution in [-0.4, -0.2) is 13.3 Å². The van der Waals surface area contributed by atoms with Gasteiger partial charge in [0.2, 0.25) is 8.32 Å². The van der Waals surface area contributed by atoms with E-state index in [2.05, 4.69) is 51.7 Å². The zero-order valence-corrected chi connectivity index (χ0v) is 15.2. The van der Waals surface area contributed by atoms with E-state index in [1.54, 1.807) is 0 Å². The molecule has 2 bridgehead atoms. The topological polar surface area (TPSA) is 48.1 Å². The summed E-state index contributed by atoms with van der Waals surface area (Å²) in [4.78, 5) is 4.80. The SMILES string of the molecule is C/C=C1\C2C=C(C)CC1(N)c1ccc(O[Si](C)(C)C)nc1C2. The summed E-state index contributed by atoms with van der Waals surface area (Å²) < 4.78 is 6.05. The molecule has 2 atom stereocenters. The van der Waals surface area contributed by atoms with Crippen LogP contribution in [0.3, 0.4) is 0 Å². The number of fused-ring (bicyclic) bond motifs is 4. The van der Waals surface area contributed by atoms with E-state index in [4.69, 9.17) is 15.1 Å². The third kappa shape index (κ3) is 2.55. The highest BCUT2D eigenvalue weighted by atomic mass is 28.4. The summed E-state index contributed by atoms with van der Waals surface area (Å²) >= 11 is 0. The maximum atomic E-state index is 6.85. The normalized spacial score (nSPS) is 29.1. The Morgan fingerprint density at radius 3 is 2.73 bits per heavy atom. The van der Waals surface area contributed by atoms with Crippen LogP contribution in [0.2, 0.25) is 19.6 Å². The van der Waals surface area contributed by atoms with E-state index in [0.29, 0.717) is 5.92 Å². The largest absolute Gasteiger partial charge is 0.531 e. The van der Waals surface area contributed by atoms with Gasteiger partial charge in [0.05, 0.1) is 11.2 Å². The molecule has 0 amide bonds. The molecule has 2 aliphatic carbocycles. The van der Waals surface area contributed by atoms with Crippen LogP contribution >= 0.6 is 0 Å². The first-order valence-electron chi connectivity index (χ1n) is 8.05. The average molecular weight is 315 g/mol. The molecule has 1 aromatic rings. The number of allylic oxidation sites excluding steroid dienone is 2. The van der Waals surface area contributed by atoms with Crippen LogP contribution in [0.4, 0.5) is 0 Å². The van der Waals surface area contributed by atoms with Gasteiger partial charge in [-0.25, -0.2) is 4.98 Å². The molecule has 4 heteroatoms. The van der Waals surface area contributed by atoms with Crippen molar-refractivity contribution in [3.05, 3.63) is 46.7 Å². The number of pyridine rings is 1.